The molecule has 4 heterocycles. The van der Waals surface area contributed by atoms with Gasteiger partial charge in [0.15, 0.2) is 5.65 Å². The number of hydrogen-bond acceptors (Lipinski definition) is 9. The fourth-order valence-corrected chi connectivity index (χ4v) is 6.01. The number of carbonyl (C=O) groups excluding carboxylic acids is 2. The van der Waals surface area contributed by atoms with Gasteiger partial charge in [0.1, 0.15) is 9.84 Å². The molecule has 2 aromatic heterocycles. The van der Waals surface area contributed by atoms with Crippen LogP contribution < -0.4 is 21.4 Å². The van der Waals surface area contributed by atoms with Crippen molar-refractivity contribution in [1.82, 2.24) is 30.9 Å². The predicted octanol–water partition coefficient (Wildman–Crippen LogP) is 0.245. The number of pyridine rings is 1. The van der Waals surface area contributed by atoms with Gasteiger partial charge >= 0.3 is 0 Å². The highest BCUT2D eigenvalue weighted by Gasteiger charge is 2.45. The van der Waals surface area contributed by atoms with Crippen molar-refractivity contribution < 1.29 is 22.8 Å². The van der Waals surface area contributed by atoms with Crippen molar-refractivity contribution >= 4 is 44.1 Å². The van der Waals surface area contributed by atoms with E-state index in [-0.39, 0.29) is 29.9 Å². The molecule has 0 radical (unpaired) electrons. The minimum atomic E-state index is -3.02. The van der Waals surface area contributed by atoms with Crippen LogP contribution in [0, 0.1) is 6.92 Å². The lowest BCUT2D eigenvalue weighted by atomic mass is 9.95. The summed E-state index contributed by atoms with van der Waals surface area (Å²) < 4.78 is 25.7. The van der Waals surface area contributed by atoms with Gasteiger partial charge in [0.2, 0.25) is 11.5 Å². The molecule has 2 aromatic rings. The first-order valence-electron chi connectivity index (χ1n) is 11.6. The summed E-state index contributed by atoms with van der Waals surface area (Å²) in [4.78, 5) is 35.2. The molecule has 0 aliphatic carbocycles. The predicted molar refractivity (Wildman–Crippen MR) is 131 cm³/mol. The van der Waals surface area contributed by atoms with Crippen molar-refractivity contribution in [3.05, 3.63) is 23.5 Å². The summed E-state index contributed by atoms with van der Waals surface area (Å²) in [6.45, 7) is 4.50. The minimum absolute atomic E-state index is 0.0651. The molecule has 2 aliphatic rings. The number of nitrogens with zero attached hydrogens (tertiary/aromatic N) is 3. The molecule has 2 amide bonds. The number of hydroxylamine groups is 1. The standard InChI is InChI=1S/C22H31N7O5S/c1-5-29-20-18(13(2)27-29)19(26-14-6-8-35(32,33)9-7-14)15(12-25-20)16-10-22(34-28-16,21(31)24-4)11-17(30)23-3/h10,12,14,28H,5-9,11H2,1-4H3,(H,23,30)(H,24,31)(H,25,26). The molecule has 4 rings (SSSR count). The second-order valence-electron chi connectivity index (χ2n) is 8.80. The number of hydrogen-bond donors (Lipinski definition) is 4. The Hall–Kier alpha value is -3.19. The van der Waals surface area contributed by atoms with Crippen molar-refractivity contribution in [3.63, 3.8) is 0 Å². The minimum Gasteiger partial charge on any atom is -0.381 e. The van der Waals surface area contributed by atoms with E-state index < -0.39 is 21.3 Å². The monoisotopic (exact) mass is 505 g/mol. The maximum absolute atomic E-state index is 12.7. The van der Waals surface area contributed by atoms with E-state index in [1.54, 1.807) is 17.0 Å². The van der Waals surface area contributed by atoms with E-state index in [1.807, 2.05) is 13.8 Å². The molecule has 4 N–H and O–H groups in total. The van der Waals surface area contributed by atoms with Gasteiger partial charge in [0.05, 0.1) is 40.4 Å². The number of fused-ring (bicyclic) bond motifs is 1. The van der Waals surface area contributed by atoms with Crippen LogP contribution >= 0.6 is 0 Å². The number of carbonyl (C=O) groups is 2. The van der Waals surface area contributed by atoms with Crippen LogP contribution in [0.3, 0.4) is 0 Å². The van der Waals surface area contributed by atoms with Gasteiger partial charge in [-0.15, -0.1) is 0 Å². The van der Waals surface area contributed by atoms with Crippen molar-refractivity contribution in [2.45, 2.75) is 51.3 Å². The molecule has 35 heavy (non-hydrogen) atoms. The molecule has 1 saturated heterocycles. The maximum atomic E-state index is 12.7. The van der Waals surface area contributed by atoms with Gasteiger partial charge in [-0.1, -0.05) is 0 Å². The molecule has 0 aromatic carbocycles. The second kappa shape index (κ2) is 9.46. The number of nitrogens with one attached hydrogen (secondary N) is 4. The summed E-state index contributed by atoms with van der Waals surface area (Å²) in [5.74, 6) is -0.586. The lowest BCUT2D eigenvalue weighted by Gasteiger charge is -2.26. The lowest BCUT2D eigenvalue weighted by molar-refractivity contribution is -0.148. The van der Waals surface area contributed by atoms with Gasteiger partial charge in [-0.05, 0) is 32.8 Å². The Bertz CT molecular complexity index is 1290. The SMILES string of the molecule is CCn1nc(C)c2c(NC3CCS(=O)(=O)CC3)c(C3=CC(CC(=O)NC)(C(=O)NC)ON3)cnc21. The summed E-state index contributed by atoms with van der Waals surface area (Å²) >= 11 is 0. The molecule has 13 heteroatoms. The molecular weight excluding hydrogens is 474 g/mol. The van der Waals surface area contributed by atoms with E-state index in [0.717, 1.165) is 16.8 Å². The number of aryl methyl sites for hydroxylation is 2. The first-order valence-corrected chi connectivity index (χ1v) is 13.4. The van der Waals surface area contributed by atoms with Crippen LogP contribution in [0.4, 0.5) is 5.69 Å². The summed E-state index contributed by atoms with van der Waals surface area (Å²) in [6, 6.07) is -0.0651. The highest BCUT2D eigenvalue weighted by Crippen LogP contribution is 2.37. The van der Waals surface area contributed by atoms with Crippen LogP contribution in [-0.2, 0) is 30.8 Å². The van der Waals surface area contributed by atoms with Crippen LogP contribution in [0.1, 0.15) is 37.4 Å². The van der Waals surface area contributed by atoms with Gasteiger partial charge in [-0.2, -0.15) is 5.10 Å². The fourth-order valence-electron chi connectivity index (χ4n) is 4.52. The Labute approximate surface area is 203 Å². The number of aromatic nitrogens is 3. The van der Waals surface area contributed by atoms with Crippen molar-refractivity contribution in [3.8, 4) is 0 Å². The van der Waals surface area contributed by atoms with E-state index >= 15 is 0 Å². The van der Waals surface area contributed by atoms with E-state index in [4.69, 9.17) is 4.84 Å². The van der Waals surface area contributed by atoms with E-state index in [0.29, 0.717) is 36.3 Å². The van der Waals surface area contributed by atoms with Crippen molar-refractivity contribution in [2.24, 2.45) is 0 Å². The highest BCUT2D eigenvalue weighted by molar-refractivity contribution is 7.91. The van der Waals surface area contributed by atoms with Crippen LogP contribution in [0.25, 0.3) is 16.7 Å². The number of sulfone groups is 1. The number of amides is 2. The first kappa shape index (κ1) is 24.9. The zero-order valence-electron chi connectivity index (χ0n) is 20.3. The summed E-state index contributed by atoms with van der Waals surface area (Å²) in [5.41, 5.74) is 4.58. The third kappa shape index (κ3) is 4.69. The van der Waals surface area contributed by atoms with E-state index in [2.05, 4.69) is 31.5 Å². The number of likely N-dealkylation sites (N-methyl/N-ethyl adjacent to an activating group) is 1. The van der Waals surface area contributed by atoms with Crippen LogP contribution in [0.15, 0.2) is 12.3 Å². The van der Waals surface area contributed by atoms with Gasteiger partial charge < -0.3 is 16.0 Å². The van der Waals surface area contributed by atoms with E-state index in [9.17, 15) is 18.0 Å². The van der Waals surface area contributed by atoms with Gasteiger partial charge in [0.25, 0.3) is 5.91 Å². The Morgan fingerprint density at radius 3 is 2.60 bits per heavy atom. The summed E-state index contributed by atoms with van der Waals surface area (Å²) in [5, 5.41) is 14.0. The molecular formula is C22H31N7O5S. The molecule has 12 nitrogen and oxygen atoms in total. The average Bonchev–Trinajstić information content (AvgIpc) is 3.41. The summed E-state index contributed by atoms with van der Waals surface area (Å²) in [7, 11) is -0.0541. The first-order chi connectivity index (χ1) is 16.6. The van der Waals surface area contributed by atoms with Gasteiger partial charge in [-0.25, -0.2) is 18.1 Å². The second-order valence-corrected chi connectivity index (χ2v) is 11.1. The quantitative estimate of drug-likeness (QED) is 0.414. The molecule has 2 aliphatic heterocycles. The molecule has 190 valence electrons. The zero-order chi connectivity index (χ0) is 25.4. The van der Waals surface area contributed by atoms with Crippen LogP contribution in [-0.4, -0.2) is 72.2 Å². The normalized spacial score (nSPS) is 21.9. The third-order valence-corrected chi connectivity index (χ3v) is 8.18. The third-order valence-electron chi connectivity index (χ3n) is 6.46. The maximum Gasteiger partial charge on any atom is 0.259 e. The summed E-state index contributed by atoms with van der Waals surface area (Å²) in [6.07, 6.45) is 3.99. The average molecular weight is 506 g/mol. The van der Waals surface area contributed by atoms with E-state index in [1.165, 1.54) is 14.1 Å². The van der Waals surface area contributed by atoms with Crippen molar-refractivity contribution in [1.29, 1.82) is 0 Å². The Kier molecular flexibility index (Phi) is 6.73. The largest absolute Gasteiger partial charge is 0.381 e. The lowest BCUT2D eigenvalue weighted by Crippen LogP contribution is -2.48. The van der Waals surface area contributed by atoms with Gasteiger partial charge in [-0.3, -0.25) is 19.9 Å². The van der Waals surface area contributed by atoms with Crippen molar-refractivity contribution in [2.75, 3.05) is 30.9 Å². The molecule has 0 saturated carbocycles. The topological polar surface area (TPSA) is 156 Å². The molecule has 0 spiro atoms. The zero-order valence-corrected chi connectivity index (χ0v) is 21.1. The van der Waals surface area contributed by atoms with Crippen LogP contribution in [0.5, 0.6) is 0 Å². The molecule has 0 bridgehead atoms. The smallest absolute Gasteiger partial charge is 0.259 e. The number of rotatable bonds is 7. The highest BCUT2D eigenvalue weighted by atomic mass is 32.2. The van der Waals surface area contributed by atoms with Gasteiger partial charge in [0, 0.05) is 38.4 Å². The number of anilines is 1. The Morgan fingerprint density at radius 1 is 1.26 bits per heavy atom. The molecule has 1 fully saturated rings. The van der Waals surface area contributed by atoms with Crippen LogP contribution in [0.2, 0.25) is 0 Å². The fraction of sp³-hybridized carbons (Fsp3) is 0.545. The Balaban J connectivity index is 1.82. The molecule has 1 unspecified atom stereocenters. The molecule has 1 atom stereocenters. The Morgan fingerprint density at radius 2 is 1.97 bits per heavy atom.